The van der Waals surface area contributed by atoms with Gasteiger partial charge in [0.05, 0.1) is 22.0 Å². The lowest BCUT2D eigenvalue weighted by molar-refractivity contribution is 0.462. The molecular formula is C22H18Cl2N2O2. The van der Waals surface area contributed by atoms with Gasteiger partial charge >= 0.3 is 0 Å². The Morgan fingerprint density at radius 1 is 1.14 bits per heavy atom. The zero-order valence-electron chi connectivity index (χ0n) is 15.2. The highest BCUT2D eigenvalue weighted by molar-refractivity contribution is 6.35. The van der Waals surface area contributed by atoms with Crippen molar-refractivity contribution in [3.63, 3.8) is 0 Å². The van der Waals surface area contributed by atoms with Gasteiger partial charge in [-0.05, 0) is 31.0 Å². The Morgan fingerprint density at radius 2 is 1.86 bits per heavy atom. The first-order valence-electron chi connectivity index (χ1n) is 8.91. The van der Waals surface area contributed by atoms with Gasteiger partial charge in [-0.1, -0.05) is 66.9 Å². The smallest absolute Gasteiger partial charge is 0.262 e. The first-order chi connectivity index (χ1) is 13.5. The zero-order valence-corrected chi connectivity index (χ0v) is 16.8. The predicted octanol–water partition coefficient (Wildman–Crippen LogP) is 5.73. The summed E-state index contributed by atoms with van der Waals surface area (Å²) in [6.07, 6.45) is 1.94. The van der Waals surface area contributed by atoms with Crippen LogP contribution in [0.2, 0.25) is 10.0 Å². The minimum Gasteiger partial charge on any atom is -0.506 e. The van der Waals surface area contributed by atoms with E-state index in [1.807, 2.05) is 13.0 Å². The Kier molecular flexibility index (Phi) is 6.08. The van der Waals surface area contributed by atoms with Gasteiger partial charge in [-0.25, -0.2) is 0 Å². The lowest BCUT2D eigenvalue weighted by Crippen LogP contribution is -2.25. The summed E-state index contributed by atoms with van der Waals surface area (Å²) < 4.78 is 1.40. The fraction of sp³-hybridized carbons (Fsp3) is 0.182. The Labute approximate surface area is 173 Å². The van der Waals surface area contributed by atoms with Crippen molar-refractivity contribution >= 4 is 23.2 Å². The van der Waals surface area contributed by atoms with Gasteiger partial charge in [-0.15, -0.1) is 0 Å². The van der Waals surface area contributed by atoms with Gasteiger partial charge in [-0.2, -0.15) is 5.26 Å². The molecule has 0 spiro atoms. The second-order valence-corrected chi connectivity index (χ2v) is 7.21. The number of unbranched alkanes of at least 4 members (excludes halogenated alkanes) is 1. The molecule has 0 atom stereocenters. The third-order valence-electron chi connectivity index (χ3n) is 4.53. The molecule has 6 heteroatoms. The van der Waals surface area contributed by atoms with E-state index in [9.17, 15) is 15.2 Å². The first-order valence-corrected chi connectivity index (χ1v) is 9.67. The summed E-state index contributed by atoms with van der Waals surface area (Å²) in [5, 5.41) is 21.3. The minimum atomic E-state index is -0.395. The fourth-order valence-corrected chi connectivity index (χ4v) is 3.65. The monoisotopic (exact) mass is 412 g/mol. The number of rotatable bonds is 5. The largest absolute Gasteiger partial charge is 0.506 e. The quantitative estimate of drug-likeness (QED) is 0.581. The van der Waals surface area contributed by atoms with Crippen molar-refractivity contribution < 1.29 is 5.11 Å². The molecule has 2 aromatic carbocycles. The molecule has 1 N–H and O–H groups in total. The Morgan fingerprint density at radius 3 is 2.46 bits per heavy atom. The fourth-order valence-electron chi connectivity index (χ4n) is 3.16. The van der Waals surface area contributed by atoms with Crippen LogP contribution in [-0.4, -0.2) is 9.67 Å². The van der Waals surface area contributed by atoms with Crippen LogP contribution in [0.1, 0.15) is 30.9 Å². The second kappa shape index (κ2) is 8.52. The molecule has 0 amide bonds. The van der Waals surface area contributed by atoms with Crippen LogP contribution in [0.4, 0.5) is 0 Å². The molecule has 1 aromatic heterocycles. The third kappa shape index (κ3) is 3.64. The highest BCUT2D eigenvalue weighted by Crippen LogP contribution is 2.35. The average Bonchev–Trinajstić information content (AvgIpc) is 2.69. The van der Waals surface area contributed by atoms with Crippen LogP contribution in [0.3, 0.4) is 0 Å². The minimum absolute atomic E-state index is 0.0444. The van der Waals surface area contributed by atoms with Crippen molar-refractivity contribution in [3.8, 4) is 28.8 Å². The average molecular weight is 413 g/mol. The first kappa shape index (κ1) is 20.0. The van der Waals surface area contributed by atoms with E-state index in [4.69, 9.17) is 23.2 Å². The third-order valence-corrected chi connectivity index (χ3v) is 5.07. The van der Waals surface area contributed by atoms with E-state index < -0.39 is 5.56 Å². The number of nitriles is 1. The molecule has 0 radical (unpaired) electrons. The highest BCUT2D eigenvalue weighted by atomic mass is 35.5. The van der Waals surface area contributed by atoms with Gasteiger partial charge in [0.15, 0.2) is 0 Å². The van der Waals surface area contributed by atoms with E-state index in [1.165, 1.54) is 4.57 Å². The number of hydrogen-bond donors (Lipinski definition) is 1. The molecule has 0 bridgehead atoms. The van der Waals surface area contributed by atoms with Crippen LogP contribution in [-0.2, 0) is 6.42 Å². The Hall–Kier alpha value is -2.74. The molecule has 142 valence electrons. The van der Waals surface area contributed by atoms with Crippen molar-refractivity contribution in [2.45, 2.75) is 26.2 Å². The van der Waals surface area contributed by atoms with E-state index in [-0.39, 0.29) is 21.9 Å². The molecule has 4 nitrogen and oxygen atoms in total. The maximum atomic E-state index is 13.4. The van der Waals surface area contributed by atoms with Crippen LogP contribution in [0, 0.1) is 11.3 Å². The van der Waals surface area contributed by atoms with Crippen LogP contribution in [0.15, 0.2) is 53.3 Å². The van der Waals surface area contributed by atoms with E-state index in [0.29, 0.717) is 34.8 Å². The predicted molar refractivity (Wildman–Crippen MR) is 112 cm³/mol. The number of hydrogen-bond acceptors (Lipinski definition) is 3. The van der Waals surface area contributed by atoms with E-state index in [2.05, 4.69) is 6.07 Å². The van der Waals surface area contributed by atoms with Gasteiger partial charge in [-0.3, -0.25) is 9.36 Å². The normalized spacial score (nSPS) is 10.6. The molecule has 0 aliphatic rings. The molecular weight excluding hydrogens is 395 g/mol. The summed E-state index contributed by atoms with van der Waals surface area (Å²) in [6, 6.07) is 15.9. The molecule has 28 heavy (non-hydrogen) atoms. The Balaban J connectivity index is 2.47. The standard InChI is InChI=1S/C22H18Cl2N2O2/c1-2-3-9-16-21(27)17(13-25)20(14-7-5-4-6-8-14)26(22(16)28)19-11-10-15(23)12-18(19)24/h4-8,10-12,27H,2-3,9H2,1H3. The van der Waals surface area contributed by atoms with E-state index >= 15 is 0 Å². The van der Waals surface area contributed by atoms with Crippen molar-refractivity contribution in [3.05, 3.63) is 80.1 Å². The second-order valence-electron chi connectivity index (χ2n) is 6.37. The van der Waals surface area contributed by atoms with Gasteiger partial charge in [0.1, 0.15) is 17.4 Å². The van der Waals surface area contributed by atoms with Crippen LogP contribution in [0.5, 0.6) is 5.75 Å². The van der Waals surface area contributed by atoms with Crippen molar-refractivity contribution in [1.82, 2.24) is 4.57 Å². The van der Waals surface area contributed by atoms with E-state index in [1.54, 1.807) is 42.5 Å². The molecule has 0 unspecified atom stereocenters. The highest BCUT2D eigenvalue weighted by Gasteiger charge is 2.24. The Bertz CT molecular complexity index is 1120. The lowest BCUT2D eigenvalue weighted by atomic mass is 9.99. The molecule has 1 heterocycles. The molecule has 0 aliphatic heterocycles. The maximum Gasteiger partial charge on any atom is 0.262 e. The SMILES string of the molecule is CCCCc1c(O)c(C#N)c(-c2ccccc2)n(-c2ccc(Cl)cc2Cl)c1=O. The van der Waals surface area contributed by atoms with Crippen LogP contribution >= 0.6 is 23.2 Å². The summed E-state index contributed by atoms with van der Waals surface area (Å²) in [5.41, 5.74) is 1.19. The lowest BCUT2D eigenvalue weighted by Gasteiger charge is -2.19. The number of pyridine rings is 1. The number of aromatic nitrogens is 1. The molecule has 3 rings (SSSR count). The topological polar surface area (TPSA) is 66.0 Å². The van der Waals surface area contributed by atoms with Crippen LogP contribution < -0.4 is 5.56 Å². The molecule has 0 saturated heterocycles. The van der Waals surface area contributed by atoms with E-state index in [0.717, 1.165) is 6.42 Å². The van der Waals surface area contributed by atoms with Gasteiger partial charge in [0.25, 0.3) is 5.56 Å². The van der Waals surface area contributed by atoms with Crippen molar-refractivity contribution in [1.29, 1.82) is 5.26 Å². The summed E-state index contributed by atoms with van der Waals surface area (Å²) in [7, 11) is 0. The summed E-state index contributed by atoms with van der Waals surface area (Å²) in [4.78, 5) is 13.4. The van der Waals surface area contributed by atoms with Gasteiger partial charge in [0, 0.05) is 10.6 Å². The summed E-state index contributed by atoms with van der Waals surface area (Å²) in [6.45, 7) is 2.00. The molecule has 0 fully saturated rings. The van der Waals surface area contributed by atoms with Crippen molar-refractivity contribution in [2.24, 2.45) is 0 Å². The number of nitrogens with zero attached hydrogens (tertiary/aromatic N) is 2. The van der Waals surface area contributed by atoms with Gasteiger partial charge in [0.2, 0.25) is 0 Å². The molecule has 3 aromatic rings. The summed E-state index contributed by atoms with van der Waals surface area (Å²) >= 11 is 12.4. The van der Waals surface area contributed by atoms with Crippen LogP contribution in [0.25, 0.3) is 16.9 Å². The van der Waals surface area contributed by atoms with Gasteiger partial charge < -0.3 is 5.11 Å². The summed E-state index contributed by atoms with van der Waals surface area (Å²) in [5.74, 6) is -0.263. The zero-order chi connectivity index (χ0) is 20.3. The maximum absolute atomic E-state index is 13.4. The van der Waals surface area contributed by atoms with Crippen molar-refractivity contribution in [2.75, 3.05) is 0 Å². The molecule has 0 saturated carbocycles. The number of halogens is 2. The number of aromatic hydroxyl groups is 1. The number of benzene rings is 2. The molecule has 0 aliphatic carbocycles.